The molecule has 5 nitrogen and oxygen atoms in total. The van der Waals surface area contributed by atoms with E-state index >= 15 is 0 Å². The number of H-pyrrole nitrogens is 1. The number of aromatic nitrogens is 2. The molecule has 3 heterocycles. The van der Waals surface area contributed by atoms with E-state index in [1.54, 1.807) is 25.6 Å². The van der Waals surface area contributed by atoms with Crippen LogP contribution >= 0.6 is 0 Å². The van der Waals surface area contributed by atoms with Gasteiger partial charge in [0.2, 0.25) is 0 Å². The number of benzene rings is 1. The largest absolute Gasteiger partial charge is 0.418 e. The van der Waals surface area contributed by atoms with Gasteiger partial charge in [0.25, 0.3) is 0 Å². The molecule has 0 fully saturated rings. The zero-order valence-corrected chi connectivity index (χ0v) is 18.6. The molecular formula is C25H27F3N4O. The first-order chi connectivity index (χ1) is 15.8. The Morgan fingerprint density at radius 2 is 2.03 bits per heavy atom. The van der Waals surface area contributed by atoms with E-state index in [0.717, 1.165) is 47.0 Å². The molecule has 1 aliphatic rings. The van der Waals surface area contributed by atoms with Crippen LogP contribution in [0.1, 0.15) is 35.7 Å². The van der Waals surface area contributed by atoms with E-state index in [1.165, 1.54) is 12.1 Å². The Bertz CT molecular complexity index is 1150. The number of halogens is 3. The number of aryl methyl sites for hydroxylation is 1. The van der Waals surface area contributed by atoms with Crippen LogP contribution in [0, 0.1) is 0 Å². The summed E-state index contributed by atoms with van der Waals surface area (Å²) in [4.78, 5) is 7.74. The van der Waals surface area contributed by atoms with Gasteiger partial charge in [-0.25, -0.2) is 0 Å². The van der Waals surface area contributed by atoms with Gasteiger partial charge in [0.05, 0.1) is 28.7 Å². The average Bonchev–Trinajstić information content (AvgIpc) is 3.16. The Hall–Kier alpha value is -3.26. The number of hydrogen-bond acceptors (Lipinski definition) is 4. The molecule has 0 bridgehead atoms. The van der Waals surface area contributed by atoms with E-state index in [9.17, 15) is 13.2 Å². The lowest BCUT2D eigenvalue weighted by molar-refractivity contribution is -0.136. The minimum Gasteiger partial charge on any atom is -0.385 e. The minimum atomic E-state index is -4.48. The lowest BCUT2D eigenvalue weighted by Crippen LogP contribution is -2.21. The second-order valence-corrected chi connectivity index (χ2v) is 8.17. The number of methoxy groups -OCH3 is 1. The summed E-state index contributed by atoms with van der Waals surface area (Å²) >= 11 is 0. The van der Waals surface area contributed by atoms with Crippen molar-refractivity contribution in [3.8, 4) is 11.3 Å². The van der Waals surface area contributed by atoms with Crippen LogP contribution in [0.3, 0.4) is 0 Å². The highest BCUT2D eigenvalue weighted by atomic mass is 19.4. The van der Waals surface area contributed by atoms with Crippen LogP contribution < -0.4 is 10.6 Å². The van der Waals surface area contributed by atoms with Gasteiger partial charge in [0.1, 0.15) is 0 Å². The summed E-state index contributed by atoms with van der Waals surface area (Å²) < 4.78 is 46.5. The molecule has 0 radical (unpaired) electrons. The molecule has 174 valence electrons. The van der Waals surface area contributed by atoms with Gasteiger partial charge in [-0.1, -0.05) is 18.7 Å². The number of fused-ring (bicyclic) bond motifs is 1. The second kappa shape index (κ2) is 9.31. The zero-order chi connectivity index (χ0) is 23.6. The third-order valence-corrected chi connectivity index (χ3v) is 5.98. The number of aromatic amines is 1. The van der Waals surface area contributed by atoms with Crippen molar-refractivity contribution in [1.29, 1.82) is 0 Å². The van der Waals surface area contributed by atoms with E-state index in [4.69, 9.17) is 4.74 Å². The van der Waals surface area contributed by atoms with Crippen molar-refractivity contribution in [3.63, 3.8) is 0 Å². The minimum absolute atomic E-state index is 0.00460. The lowest BCUT2D eigenvalue weighted by atomic mass is 9.98. The molecule has 8 heteroatoms. The van der Waals surface area contributed by atoms with Gasteiger partial charge in [-0.2, -0.15) is 13.2 Å². The number of ether oxygens (including phenoxy) is 1. The van der Waals surface area contributed by atoms with Crippen LogP contribution in [0.25, 0.3) is 17.0 Å². The predicted molar refractivity (Wildman–Crippen MR) is 124 cm³/mol. The predicted octanol–water partition coefficient (Wildman–Crippen LogP) is 5.92. The van der Waals surface area contributed by atoms with Gasteiger partial charge in [-0.15, -0.1) is 0 Å². The van der Waals surface area contributed by atoms with Crippen LogP contribution in [0.5, 0.6) is 0 Å². The van der Waals surface area contributed by atoms with Gasteiger partial charge < -0.3 is 20.4 Å². The highest BCUT2D eigenvalue weighted by Gasteiger charge is 2.34. The Morgan fingerprint density at radius 3 is 2.79 bits per heavy atom. The summed E-state index contributed by atoms with van der Waals surface area (Å²) in [6, 6.07) is 7.39. The summed E-state index contributed by atoms with van der Waals surface area (Å²) in [7, 11) is 1.67. The molecule has 0 aliphatic carbocycles. The number of nitrogens with zero attached hydrogens (tertiary/aromatic N) is 1. The molecule has 33 heavy (non-hydrogen) atoms. The molecule has 1 atom stereocenters. The Labute approximate surface area is 191 Å². The Kier molecular flexibility index (Phi) is 6.47. The molecule has 4 rings (SSSR count). The third kappa shape index (κ3) is 4.75. The van der Waals surface area contributed by atoms with Crippen LogP contribution in [-0.4, -0.2) is 29.7 Å². The zero-order valence-electron chi connectivity index (χ0n) is 18.6. The molecule has 3 aromatic rings. The van der Waals surface area contributed by atoms with Gasteiger partial charge in [-0.3, -0.25) is 4.98 Å². The summed E-state index contributed by atoms with van der Waals surface area (Å²) in [5.41, 5.74) is 4.85. The first-order valence-corrected chi connectivity index (χ1v) is 10.9. The van der Waals surface area contributed by atoms with Gasteiger partial charge in [0, 0.05) is 55.0 Å². The monoisotopic (exact) mass is 456 g/mol. The van der Waals surface area contributed by atoms with E-state index < -0.39 is 11.7 Å². The van der Waals surface area contributed by atoms with Crippen molar-refractivity contribution in [1.82, 2.24) is 15.3 Å². The molecular weight excluding hydrogens is 429 g/mol. The number of para-hydroxylation sites is 1. The quantitative estimate of drug-likeness (QED) is 0.413. The maximum absolute atomic E-state index is 13.7. The highest BCUT2D eigenvalue weighted by Crippen LogP contribution is 2.43. The maximum atomic E-state index is 13.7. The number of anilines is 2. The first-order valence-electron chi connectivity index (χ1n) is 10.9. The number of alkyl halides is 3. The fourth-order valence-electron chi connectivity index (χ4n) is 4.15. The summed E-state index contributed by atoms with van der Waals surface area (Å²) in [5.74, 6) is 0. The van der Waals surface area contributed by atoms with Gasteiger partial charge >= 0.3 is 6.18 Å². The van der Waals surface area contributed by atoms with Gasteiger partial charge in [-0.05, 0) is 43.5 Å². The number of nitrogens with one attached hydrogen (secondary N) is 3. The van der Waals surface area contributed by atoms with Crippen molar-refractivity contribution >= 4 is 17.1 Å². The van der Waals surface area contributed by atoms with Crippen molar-refractivity contribution in [2.24, 2.45) is 0 Å². The third-order valence-electron chi connectivity index (χ3n) is 5.98. The van der Waals surface area contributed by atoms with E-state index in [0.29, 0.717) is 24.4 Å². The van der Waals surface area contributed by atoms with Crippen molar-refractivity contribution < 1.29 is 17.9 Å². The number of hydrogen-bond donors (Lipinski definition) is 3. The first kappa shape index (κ1) is 22.9. The number of rotatable bonds is 7. The molecule has 2 aromatic heterocycles. The molecule has 1 aliphatic heterocycles. The fourth-order valence-corrected chi connectivity index (χ4v) is 4.15. The second-order valence-electron chi connectivity index (χ2n) is 8.17. The van der Waals surface area contributed by atoms with E-state index in [2.05, 4.69) is 27.2 Å². The summed E-state index contributed by atoms with van der Waals surface area (Å²) in [6.07, 6.45) is 1.33. The highest BCUT2D eigenvalue weighted by molar-refractivity contribution is 5.91. The molecule has 0 saturated carbocycles. The Balaban J connectivity index is 1.84. The smallest absolute Gasteiger partial charge is 0.385 e. The molecule has 1 unspecified atom stereocenters. The molecule has 1 aromatic carbocycles. The standard InChI is InChI=1S/C25H27F3N4O/c1-15(33-3)8-9-17-14-29-12-10-18(17)23-24(22-16(2)30-13-11-21(22)32-23)31-20-7-5-4-6-19(20)25(26,27)28/h4-7,10,12,14-15,30-32H,2,8-9,11,13H2,1,3H3. The lowest BCUT2D eigenvalue weighted by Gasteiger charge is -2.20. The summed E-state index contributed by atoms with van der Waals surface area (Å²) in [5, 5.41) is 6.32. The van der Waals surface area contributed by atoms with Crippen LogP contribution in [0.2, 0.25) is 0 Å². The molecule has 3 N–H and O–H groups in total. The fraction of sp³-hybridized carbons (Fsp3) is 0.320. The van der Waals surface area contributed by atoms with Crippen molar-refractivity contribution in [2.45, 2.75) is 38.5 Å². The van der Waals surface area contributed by atoms with Gasteiger partial charge in [0.15, 0.2) is 0 Å². The van der Waals surface area contributed by atoms with Crippen molar-refractivity contribution in [3.05, 3.63) is 71.7 Å². The van der Waals surface area contributed by atoms with E-state index in [-0.39, 0.29) is 11.8 Å². The topological polar surface area (TPSA) is 62.0 Å². The maximum Gasteiger partial charge on any atom is 0.418 e. The average molecular weight is 457 g/mol. The Morgan fingerprint density at radius 1 is 1.24 bits per heavy atom. The molecule has 0 amide bonds. The molecule has 0 spiro atoms. The van der Waals surface area contributed by atoms with E-state index in [1.807, 2.05) is 13.0 Å². The van der Waals surface area contributed by atoms with Crippen LogP contribution in [0.4, 0.5) is 24.5 Å². The van der Waals surface area contributed by atoms with Crippen LogP contribution in [-0.2, 0) is 23.8 Å². The number of pyridine rings is 1. The SMILES string of the molecule is C=C1NCCc2[nH]c(-c3ccncc3CCC(C)OC)c(Nc3ccccc3C(F)(F)F)c21. The summed E-state index contributed by atoms with van der Waals surface area (Å²) in [6.45, 7) is 6.81. The normalized spacial score (nSPS) is 14.5. The van der Waals surface area contributed by atoms with Crippen molar-refractivity contribution in [2.75, 3.05) is 19.0 Å². The van der Waals surface area contributed by atoms with Crippen LogP contribution in [0.15, 0.2) is 49.3 Å². The molecule has 0 saturated heterocycles.